The predicted molar refractivity (Wildman–Crippen MR) is 131 cm³/mol. The highest BCUT2D eigenvalue weighted by molar-refractivity contribution is 14.0. The highest BCUT2D eigenvalue weighted by Gasteiger charge is 2.10. The van der Waals surface area contributed by atoms with Gasteiger partial charge in [0.25, 0.3) is 0 Å². The molecule has 0 amide bonds. The van der Waals surface area contributed by atoms with Crippen LogP contribution in [-0.2, 0) is 6.54 Å². The van der Waals surface area contributed by atoms with Gasteiger partial charge in [-0.3, -0.25) is 4.99 Å². The van der Waals surface area contributed by atoms with Crippen molar-refractivity contribution >= 4 is 29.9 Å². The topological polar surface area (TPSA) is 59.9 Å². The van der Waals surface area contributed by atoms with Gasteiger partial charge in [-0.15, -0.1) is 24.0 Å². The average molecular weight is 505 g/mol. The molecule has 0 aliphatic heterocycles. The fraction of sp³-hybridized carbons (Fsp3) is 0.682. The lowest BCUT2D eigenvalue weighted by atomic mass is 9.94. The molecule has 0 aromatic heterocycles. The van der Waals surface area contributed by atoms with E-state index in [-0.39, 0.29) is 30.6 Å². The molecule has 3 N–H and O–H groups in total. The van der Waals surface area contributed by atoms with Crippen LogP contribution in [0.5, 0.6) is 0 Å². The van der Waals surface area contributed by atoms with E-state index in [1.54, 1.807) is 0 Å². The summed E-state index contributed by atoms with van der Waals surface area (Å²) in [5.74, 6) is 1.96. The number of rotatable bonds is 13. The van der Waals surface area contributed by atoms with E-state index in [2.05, 4.69) is 73.7 Å². The Morgan fingerprint density at radius 1 is 1.18 bits per heavy atom. The summed E-state index contributed by atoms with van der Waals surface area (Å²) >= 11 is 0. The second-order valence-electron chi connectivity index (χ2n) is 7.73. The van der Waals surface area contributed by atoms with Crippen LogP contribution >= 0.6 is 24.0 Å². The number of guanidine groups is 1. The smallest absolute Gasteiger partial charge is 0.191 e. The number of nitrogens with zero attached hydrogens (tertiary/aromatic N) is 2. The molecule has 1 aromatic rings. The van der Waals surface area contributed by atoms with Crippen LogP contribution in [0.3, 0.4) is 0 Å². The van der Waals surface area contributed by atoms with Gasteiger partial charge in [-0.1, -0.05) is 44.2 Å². The van der Waals surface area contributed by atoms with Crippen LogP contribution in [0.4, 0.5) is 0 Å². The third-order valence-corrected chi connectivity index (χ3v) is 4.50. The maximum atomic E-state index is 9.26. The van der Waals surface area contributed by atoms with Gasteiger partial charge < -0.3 is 20.6 Å². The fourth-order valence-electron chi connectivity index (χ4n) is 3.22. The summed E-state index contributed by atoms with van der Waals surface area (Å²) in [5.41, 5.74) is 1.35. The Morgan fingerprint density at radius 3 is 2.50 bits per heavy atom. The number of aliphatic hydroxyl groups is 1. The summed E-state index contributed by atoms with van der Waals surface area (Å²) < 4.78 is 0. The molecule has 0 saturated carbocycles. The minimum absolute atomic E-state index is 0. The molecule has 6 heteroatoms. The van der Waals surface area contributed by atoms with E-state index < -0.39 is 0 Å². The third kappa shape index (κ3) is 13.3. The zero-order valence-corrected chi connectivity index (χ0v) is 20.5. The second-order valence-corrected chi connectivity index (χ2v) is 7.73. The molecular formula is C22H41IN4O. The number of benzene rings is 1. The highest BCUT2D eigenvalue weighted by atomic mass is 127. The van der Waals surface area contributed by atoms with Crippen molar-refractivity contribution in [3.63, 3.8) is 0 Å². The molecule has 162 valence electrons. The summed E-state index contributed by atoms with van der Waals surface area (Å²) in [6.07, 6.45) is 3.00. The third-order valence-electron chi connectivity index (χ3n) is 4.50. The zero-order valence-electron chi connectivity index (χ0n) is 18.2. The van der Waals surface area contributed by atoms with E-state index in [0.717, 1.165) is 57.9 Å². The minimum Gasteiger partial charge on any atom is -0.396 e. The molecule has 0 fully saturated rings. The summed E-state index contributed by atoms with van der Waals surface area (Å²) in [7, 11) is 2.16. The van der Waals surface area contributed by atoms with Crippen LogP contribution in [0.2, 0.25) is 0 Å². The molecule has 0 aliphatic rings. The summed E-state index contributed by atoms with van der Waals surface area (Å²) in [6.45, 7) is 11.3. The van der Waals surface area contributed by atoms with E-state index >= 15 is 0 Å². The lowest BCUT2D eigenvalue weighted by molar-refractivity contribution is 0.245. The lowest BCUT2D eigenvalue weighted by Gasteiger charge is -2.19. The first-order valence-electron chi connectivity index (χ1n) is 10.4. The van der Waals surface area contributed by atoms with Crippen LogP contribution < -0.4 is 10.6 Å². The molecule has 0 saturated heterocycles. The Morgan fingerprint density at radius 2 is 1.89 bits per heavy atom. The summed E-state index contributed by atoms with van der Waals surface area (Å²) in [5, 5.41) is 16.0. The van der Waals surface area contributed by atoms with E-state index in [0.29, 0.717) is 11.8 Å². The number of aliphatic imine (C=N–C) groups is 1. The maximum Gasteiger partial charge on any atom is 0.191 e. The van der Waals surface area contributed by atoms with Crippen molar-refractivity contribution in [1.29, 1.82) is 0 Å². The van der Waals surface area contributed by atoms with Crippen LogP contribution in [-0.4, -0.2) is 55.8 Å². The summed E-state index contributed by atoms with van der Waals surface area (Å²) in [4.78, 5) is 7.09. The Kier molecular flexibility index (Phi) is 16.5. The number of nitrogens with one attached hydrogen (secondary N) is 2. The Balaban J connectivity index is 0.00000729. The van der Waals surface area contributed by atoms with Crippen LogP contribution in [0.1, 0.15) is 45.6 Å². The van der Waals surface area contributed by atoms with Gasteiger partial charge in [-0.05, 0) is 57.2 Å². The number of halogens is 1. The molecule has 0 spiro atoms. The standard InChI is InChI=1S/C22H40N4O.HI/c1-5-23-22(25-17-21(12-15-27)16-19(2)3)24-13-9-14-26(4)18-20-10-7-6-8-11-20;/h6-8,10-11,19,21,27H,5,9,12-18H2,1-4H3,(H2,23,24,25);1H. The average Bonchev–Trinajstić information content (AvgIpc) is 2.63. The van der Waals surface area contributed by atoms with E-state index in [1.165, 1.54) is 5.56 Å². The quantitative estimate of drug-likeness (QED) is 0.166. The first kappa shape index (κ1) is 27.1. The van der Waals surface area contributed by atoms with Crippen molar-refractivity contribution in [3.8, 4) is 0 Å². The first-order valence-corrected chi connectivity index (χ1v) is 10.4. The molecule has 0 heterocycles. The number of hydrogen-bond donors (Lipinski definition) is 3. The predicted octanol–water partition coefficient (Wildman–Crippen LogP) is 3.73. The number of hydrogen-bond acceptors (Lipinski definition) is 3. The first-order chi connectivity index (χ1) is 13.0. The van der Waals surface area contributed by atoms with Gasteiger partial charge in [0.2, 0.25) is 0 Å². The Bertz CT molecular complexity index is 511. The lowest BCUT2D eigenvalue weighted by Crippen LogP contribution is -2.39. The Labute approximate surface area is 189 Å². The molecule has 1 atom stereocenters. The van der Waals surface area contributed by atoms with Crippen molar-refractivity contribution in [3.05, 3.63) is 35.9 Å². The Hall–Kier alpha value is -0.860. The van der Waals surface area contributed by atoms with Crippen LogP contribution in [0, 0.1) is 11.8 Å². The molecule has 0 radical (unpaired) electrons. The van der Waals surface area contributed by atoms with Gasteiger partial charge in [-0.25, -0.2) is 0 Å². The zero-order chi connectivity index (χ0) is 19.9. The highest BCUT2D eigenvalue weighted by Crippen LogP contribution is 2.15. The van der Waals surface area contributed by atoms with Crippen molar-refractivity contribution in [2.45, 2.75) is 46.6 Å². The molecule has 1 aromatic carbocycles. The maximum absolute atomic E-state index is 9.26. The monoisotopic (exact) mass is 504 g/mol. The van der Waals surface area contributed by atoms with Gasteiger partial charge >= 0.3 is 0 Å². The molecule has 1 unspecified atom stereocenters. The molecule has 1 rings (SSSR count). The normalized spacial score (nSPS) is 12.8. The second kappa shape index (κ2) is 17.0. The molecular weight excluding hydrogens is 463 g/mol. The van der Waals surface area contributed by atoms with Crippen LogP contribution in [0.15, 0.2) is 35.3 Å². The van der Waals surface area contributed by atoms with E-state index in [1.807, 2.05) is 0 Å². The van der Waals surface area contributed by atoms with Crippen molar-refractivity contribution in [2.24, 2.45) is 16.8 Å². The van der Waals surface area contributed by atoms with Gasteiger partial charge in [0.1, 0.15) is 0 Å². The summed E-state index contributed by atoms with van der Waals surface area (Å²) in [6, 6.07) is 10.6. The molecule has 5 nitrogen and oxygen atoms in total. The van der Waals surface area contributed by atoms with Crippen LogP contribution in [0.25, 0.3) is 0 Å². The van der Waals surface area contributed by atoms with E-state index in [9.17, 15) is 5.11 Å². The minimum atomic E-state index is 0. The van der Waals surface area contributed by atoms with Gasteiger partial charge in [0.05, 0.1) is 0 Å². The molecule has 28 heavy (non-hydrogen) atoms. The van der Waals surface area contributed by atoms with Gasteiger partial charge in [-0.2, -0.15) is 0 Å². The molecule has 0 bridgehead atoms. The largest absolute Gasteiger partial charge is 0.396 e. The number of aliphatic hydroxyl groups excluding tert-OH is 1. The van der Waals surface area contributed by atoms with Gasteiger partial charge in [0.15, 0.2) is 5.96 Å². The SMILES string of the molecule is CCNC(=NCC(CCO)CC(C)C)NCCCN(C)Cc1ccccc1.I. The van der Waals surface area contributed by atoms with E-state index in [4.69, 9.17) is 4.99 Å². The van der Waals surface area contributed by atoms with Gasteiger partial charge in [0, 0.05) is 32.8 Å². The molecule has 0 aliphatic carbocycles. The van der Waals surface area contributed by atoms with Crippen molar-refractivity contribution in [1.82, 2.24) is 15.5 Å². The van der Waals surface area contributed by atoms with Crippen molar-refractivity contribution in [2.75, 3.05) is 39.8 Å². The van der Waals surface area contributed by atoms with Crippen molar-refractivity contribution < 1.29 is 5.11 Å². The fourth-order valence-corrected chi connectivity index (χ4v) is 3.22.